The maximum atomic E-state index is 10.7. The molecule has 3 atom stereocenters. The van der Waals surface area contributed by atoms with Gasteiger partial charge in [0, 0.05) is 24.3 Å². The lowest BCUT2D eigenvalue weighted by molar-refractivity contribution is -0.385. The number of hydrogen-bond donors (Lipinski definition) is 6. The number of aliphatic hydroxyl groups is 4. The van der Waals surface area contributed by atoms with Crippen molar-refractivity contribution in [3.63, 3.8) is 0 Å². The highest BCUT2D eigenvalue weighted by Crippen LogP contribution is 2.16. The molecule has 2 aromatic rings. The minimum Gasteiger partial charge on any atom is -0.394 e. The number of nitrogens with zero attached hydrogens (tertiary/aromatic N) is 4. The minimum absolute atomic E-state index is 0.120. The number of hydrazone groups is 2. The first kappa shape index (κ1) is 24.3. The molecule has 0 saturated carbocycles. The lowest BCUT2D eigenvalue weighted by atomic mass is 10.0. The smallest absolute Gasteiger partial charge is 0.269 e. The Morgan fingerprint density at radius 2 is 1.38 bits per heavy atom. The normalized spacial score (nSPS) is 14.6. The molecule has 14 heteroatoms. The predicted molar refractivity (Wildman–Crippen MR) is 114 cm³/mol. The van der Waals surface area contributed by atoms with Crippen LogP contribution in [0.3, 0.4) is 0 Å². The van der Waals surface area contributed by atoms with Gasteiger partial charge in [0.15, 0.2) is 0 Å². The molecule has 0 unspecified atom stereocenters. The summed E-state index contributed by atoms with van der Waals surface area (Å²) in [6.07, 6.45) is -4.23. The number of hydrogen-bond acceptors (Lipinski definition) is 12. The Labute approximate surface area is 180 Å². The van der Waals surface area contributed by atoms with Crippen molar-refractivity contribution in [2.45, 2.75) is 18.3 Å². The molecule has 0 fully saturated rings. The van der Waals surface area contributed by atoms with Crippen molar-refractivity contribution < 1.29 is 30.3 Å². The molecule has 0 amide bonds. The van der Waals surface area contributed by atoms with Gasteiger partial charge in [0.25, 0.3) is 11.4 Å². The van der Waals surface area contributed by atoms with Crippen molar-refractivity contribution in [1.29, 1.82) is 0 Å². The zero-order chi connectivity index (χ0) is 23.7. The largest absolute Gasteiger partial charge is 0.394 e. The zero-order valence-corrected chi connectivity index (χ0v) is 16.3. The number of nitro benzene ring substituents is 2. The number of nitrogens with one attached hydrogen (secondary N) is 2. The quantitative estimate of drug-likeness (QED) is 0.158. The summed E-state index contributed by atoms with van der Waals surface area (Å²) in [4.78, 5) is 20.3. The highest BCUT2D eigenvalue weighted by Gasteiger charge is 2.28. The molecule has 0 aromatic heterocycles. The van der Waals surface area contributed by atoms with Crippen LogP contribution in [0, 0.1) is 20.2 Å². The van der Waals surface area contributed by atoms with Crippen molar-refractivity contribution in [3.8, 4) is 0 Å². The molecule has 0 bridgehead atoms. The number of nitro groups is 2. The number of aliphatic hydroxyl groups excluding tert-OH is 4. The second-order valence-electron chi connectivity index (χ2n) is 6.31. The van der Waals surface area contributed by atoms with Gasteiger partial charge in [-0.05, 0) is 24.3 Å². The molecule has 2 aromatic carbocycles. The molecule has 2 rings (SSSR count). The van der Waals surface area contributed by atoms with Gasteiger partial charge in [0.2, 0.25) is 0 Å². The molecule has 14 nitrogen and oxygen atoms in total. The van der Waals surface area contributed by atoms with Crippen molar-refractivity contribution >= 4 is 34.7 Å². The maximum absolute atomic E-state index is 10.7. The fourth-order valence-electron chi connectivity index (χ4n) is 2.28. The molecule has 6 N–H and O–H groups in total. The van der Waals surface area contributed by atoms with E-state index >= 15 is 0 Å². The van der Waals surface area contributed by atoms with E-state index in [2.05, 4.69) is 21.1 Å². The van der Waals surface area contributed by atoms with Gasteiger partial charge in [-0.15, -0.1) is 0 Å². The van der Waals surface area contributed by atoms with Crippen LogP contribution in [0.5, 0.6) is 0 Å². The van der Waals surface area contributed by atoms with Crippen molar-refractivity contribution in [2.24, 2.45) is 10.2 Å². The van der Waals surface area contributed by atoms with Gasteiger partial charge in [0.05, 0.1) is 34.0 Å². The molecule has 0 aliphatic carbocycles. The van der Waals surface area contributed by atoms with Crippen LogP contribution in [0.25, 0.3) is 0 Å². The van der Waals surface area contributed by atoms with Crippen LogP contribution in [0.15, 0.2) is 58.7 Å². The summed E-state index contributed by atoms with van der Waals surface area (Å²) in [5.74, 6) is 0. The second-order valence-corrected chi connectivity index (χ2v) is 6.31. The van der Waals surface area contributed by atoms with E-state index in [-0.39, 0.29) is 17.1 Å². The van der Waals surface area contributed by atoms with Crippen LogP contribution < -0.4 is 10.9 Å². The molecule has 170 valence electrons. The maximum Gasteiger partial charge on any atom is 0.269 e. The topological polar surface area (TPSA) is 216 Å². The van der Waals surface area contributed by atoms with Crippen LogP contribution in [0.2, 0.25) is 0 Å². The molecular formula is C18H20N6O8. The van der Waals surface area contributed by atoms with Crippen LogP contribution in [-0.4, -0.2) is 67.1 Å². The second kappa shape index (κ2) is 11.4. The van der Waals surface area contributed by atoms with E-state index in [1.165, 1.54) is 48.5 Å². The Morgan fingerprint density at radius 3 is 1.81 bits per heavy atom. The molecule has 0 saturated heterocycles. The Morgan fingerprint density at radius 1 is 0.906 bits per heavy atom. The Kier molecular flexibility index (Phi) is 8.67. The van der Waals surface area contributed by atoms with Crippen LogP contribution in [0.4, 0.5) is 22.7 Å². The standard InChI is InChI=1S/C18H20N6O8/c25-10-16(26)18(28)17(27)15(22-21-12-3-7-14(8-4-12)24(31)32)9-19-20-11-1-5-13(6-2-11)23(29)30/h1-9,16-18,20-21,25-28H,10H2/b19-9+,22-15+/t16-,17+,18-/m1/s1. The summed E-state index contributed by atoms with van der Waals surface area (Å²) in [7, 11) is 0. The first-order valence-electron chi connectivity index (χ1n) is 8.99. The zero-order valence-electron chi connectivity index (χ0n) is 16.3. The molecule has 0 aliphatic rings. The van der Waals surface area contributed by atoms with Gasteiger partial charge in [-0.25, -0.2) is 0 Å². The van der Waals surface area contributed by atoms with Gasteiger partial charge < -0.3 is 20.4 Å². The summed E-state index contributed by atoms with van der Waals surface area (Å²) >= 11 is 0. The fraction of sp³-hybridized carbons (Fsp3) is 0.222. The number of anilines is 2. The number of rotatable bonds is 11. The average molecular weight is 448 g/mol. The fourth-order valence-corrected chi connectivity index (χ4v) is 2.28. The Hall–Kier alpha value is -3.98. The van der Waals surface area contributed by atoms with Crippen molar-refractivity contribution in [3.05, 3.63) is 68.8 Å². The van der Waals surface area contributed by atoms with Gasteiger partial charge in [0.1, 0.15) is 24.0 Å². The third-order valence-electron chi connectivity index (χ3n) is 4.07. The summed E-state index contributed by atoms with van der Waals surface area (Å²) in [6.45, 7) is -0.820. The van der Waals surface area contributed by atoms with Crippen LogP contribution >= 0.6 is 0 Å². The molecular weight excluding hydrogens is 428 g/mol. The third-order valence-corrected chi connectivity index (χ3v) is 4.07. The van der Waals surface area contributed by atoms with Gasteiger partial charge in [-0.1, -0.05) is 0 Å². The molecule has 0 heterocycles. The number of non-ortho nitro benzene ring substituents is 2. The molecule has 0 spiro atoms. The van der Waals surface area contributed by atoms with E-state index in [0.717, 1.165) is 6.21 Å². The van der Waals surface area contributed by atoms with E-state index in [1.807, 2.05) is 0 Å². The van der Waals surface area contributed by atoms with E-state index < -0.39 is 34.8 Å². The minimum atomic E-state index is -1.80. The predicted octanol–water partition coefficient (Wildman–Crippen LogP) is 0.444. The van der Waals surface area contributed by atoms with E-state index in [9.17, 15) is 35.5 Å². The average Bonchev–Trinajstić information content (AvgIpc) is 2.80. The van der Waals surface area contributed by atoms with Crippen molar-refractivity contribution in [1.82, 2.24) is 0 Å². The van der Waals surface area contributed by atoms with E-state index in [4.69, 9.17) is 5.11 Å². The third kappa shape index (κ3) is 6.78. The summed E-state index contributed by atoms with van der Waals surface area (Å²) in [5, 5.41) is 67.9. The van der Waals surface area contributed by atoms with Gasteiger partial charge in [-0.2, -0.15) is 10.2 Å². The highest BCUT2D eigenvalue weighted by molar-refractivity contribution is 6.33. The number of benzene rings is 2. The molecule has 0 radical (unpaired) electrons. The monoisotopic (exact) mass is 448 g/mol. The first-order valence-corrected chi connectivity index (χ1v) is 8.99. The van der Waals surface area contributed by atoms with Gasteiger partial charge >= 0.3 is 0 Å². The first-order chi connectivity index (χ1) is 15.2. The molecule has 0 aliphatic heterocycles. The van der Waals surface area contributed by atoms with Crippen molar-refractivity contribution in [2.75, 3.05) is 17.5 Å². The van der Waals surface area contributed by atoms with Gasteiger partial charge in [-0.3, -0.25) is 31.1 Å². The summed E-state index contributed by atoms with van der Waals surface area (Å²) < 4.78 is 0. The highest BCUT2D eigenvalue weighted by atomic mass is 16.6. The molecule has 32 heavy (non-hydrogen) atoms. The van der Waals surface area contributed by atoms with Crippen LogP contribution in [0.1, 0.15) is 0 Å². The van der Waals surface area contributed by atoms with E-state index in [1.54, 1.807) is 0 Å². The lowest BCUT2D eigenvalue weighted by Crippen LogP contribution is -2.44. The summed E-state index contributed by atoms with van der Waals surface area (Å²) in [6, 6.07) is 10.4. The van der Waals surface area contributed by atoms with E-state index in [0.29, 0.717) is 11.4 Å². The Bertz CT molecular complexity index is 980. The SMILES string of the molecule is O=[N+]([O-])c1ccc(N/N=C/C(=N\Nc2ccc([N+](=O)[O-])cc2)[C@H](O)[C@H](O)[C@H](O)CO)cc1. The van der Waals surface area contributed by atoms with Crippen LogP contribution in [-0.2, 0) is 0 Å². The summed E-state index contributed by atoms with van der Waals surface area (Å²) in [5.41, 5.74) is 5.24. The Balaban J connectivity index is 2.18. The lowest BCUT2D eigenvalue weighted by Gasteiger charge is -2.21.